The number of sulfone groups is 1. The first-order chi connectivity index (χ1) is 8.90. The van der Waals surface area contributed by atoms with Gasteiger partial charge < -0.3 is 4.74 Å². The van der Waals surface area contributed by atoms with E-state index in [9.17, 15) is 8.42 Å². The summed E-state index contributed by atoms with van der Waals surface area (Å²) in [5.74, 6) is 0.637. The fourth-order valence-electron chi connectivity index (χ4n) is 1.31. The molecule has 4 nitrogen and oxygen atoms in total. The van der Waals surface area contributed by atoms with Crippen LogP contribution in [0.5, 0.6) is 10.9 Å². The Bertz CT molecular complexity index is 698. The maximum absolute atomic E-state index is 11.4. The highest BCUT2D eigenvalue weighted by atomic mass is 35.5. The molecule has 0 atom stereocenters. The lowest BCUT2D eigenvalue weighted by Crippen LogP contribution is -1.96. The SMILES string of the molecule is CS(=O)(=O)c1cccc(Oc2nc(Cl)c(CCl)s2)c1. The predicted octanol–water partition coefficient (Wildman–Crippen LogP) is 3.73. The fourth-order valence-corrected chi connectivity index (χ4v) is 3.30. The van der Waals surface area contributed by atoms with Gasteiger partial charge in [0.2, 0.25) is 0 Å². The molecule has 2 aromatic rings. The monoisotopic (exact) mass is 337 g/mol. The Labute approximate surface area is 124 Å². The molecule has 0 saturated carbocycles. The summed E-state index contributed by atoms with van der Waals surface area (Å²) in [5, 5.41) is 0.626. The van der Waals surface area contributed by atoms with Crippen LogP contribution in [-0.4, -0.2) is 19.7 Å². The zero-order chi connectivity index (χ0) is 14.0. The van der Waals surface area contributed by atoms with Gasteiger partial charge in [-0.05, 0) is 18.2 Å². The van der Waals surface area contributed by atoms with Gasteiger partial charge in [-0.2, -0.15) is 4.98 Å². The quantitative estimate of drug-likeness (QED) is 0.797. The maximum Gasteiger partial charge on any atom is 0.280 e. The number of ether oxygens (including phenoxy) is 1. The van der Waals surface area contributed by atoms with Crippen LogP contribution in [0.3, 0.4) is 0 Å². The van der Waals surface area contributed by atoms with E-state index in [-0.39, 0.29) is 10.8 Å². The summed E-state index contributed by atoms with van der Waals surface area (Å²) < 4.78 is 28.3. The van der Waals surface area contributed by atoms with Crippen LogP contribution in [-0.2, 0) is 15.7 Å². The Morgan fingerprint density at radius 2 is 2.16 bits per heavy atom. The van der Waals surface area contributed by atoms with Crippen molar-refractivity contribution in [2.45, 2.75) is 10.8 Å². The van der Waals surface area contributed by atoms with E-state index in [2.05, 4.69) is 4.98 Å². The second kappa shape index (κ2) is 5.66. The molecule has 0 aliphatic carbocycles. The third kappa shape index (κ3) is 3.60. The van der Waals surface area contributed by atoms with Crippen LogP contribution in [0.4, 0.5) is 0 Å². The second-order valence-electron chi connectivity index (χ2n) is 3.68. The lowest BCUT2D eigenvalue weighted by Gasteiger charge is -2.03. The van der Waals surface area contributed by atoms with E-state index in [1.54, 1.807) is 12.1 Å². The van der Waals surface area contributed by atoms with Crippen molar-refractivity contribution in [1.29, 1.82) is 0 Å². The van der Waals surface area contributed by atoms with Gasteiger partial charge in [0.1, 0.15) is 10.9 Å². The predicted molar refractivity (Wildman–Crippen MR) is 76.3 cm³/mol. The van der Waals surface area contributed by atoms with Crippen LogP contribution >= 0.6 is 34.5 Å². The molecule has 102 valence electrons. The zero-order valence-corrected chi connectivity index (χ0v) is 12.9. The highest BCUT2D eigenvalue weighted by Crippen LogP contribution is 2.33. The van der Waals surface area contributed by atoms with E-state index in [4.69, 9.17) is 27.9 Å². The van der Waals surface area contributed by atoms with Crippen molar-refractivity contribution in [2.24, 2.45) is 0 Å². The summed E-state index contributed by atoms with van der Waals surface area (Å²) >= 11 is 12.8. The lowest BCUT2D eigenvalue weighted by atomic mass is 10.3. The molecule has 1 aromatic carbocycles. The van der Waals surface area contributed by atoms with E-state index in [0.29, 0.717) is 21.0 Å². The molecule has 0 radical (unpaired) electrons. The molecule has 19 heavy (non-hydrogen) atoms. The molecule has 0 fully saturated rings. The molecule has 0 unspecified atom stereocenters. The first-order valence-electron chi connectivity index (χ1n) is 5.09. The van der Waals surface area contributed by atoms with Crippen molar-refractivity contribution in [1.82, 2.24) is 4.98 Å². The van der Waals surface area contributed by atoms with Gasteiger partial charge in [-0.3, -0.25) is 0 Å². The van der Waals surface area contributed by atoms with Crippen molar-refractivity contribution < 1.29 is 13.2 Å². The van der Waals surface area contributed by atoms with Gasteiger partial charge in [0.15, 0.2) is 9.84 Å². The molecule has 0 spiro atoms. The van der Waals surface area contributed by atoms with Crippen LogP contribution in [0.25, 0.3) is 0 Å². The number of rotatable bonds is 4. The van der Waals surface area contributed by atoms with E-state index < -0.39 is 9.84 Å². The number of hydrogen-bond acceptors (Lipinski definition) is 5. The van der Waals surface area contributed by atoms with Crippen LogP contribution in [0, 0.1) is 0 Å². The lowest BCUT2D eigenvalue weighted by molar-refractivity contribution is 0.477. The van der Waals surface area contributed by atoms with Gasteiger partial charge in [-0.1, -0.05) is 29.0 Å². The Morgan fingerprint density at radius 3 is 2.74 bits per heavy atom. The molecular formula is C11H9Cl2NO3S2. The Hall–Kier alpha value is -0.820. The first-order valence-corrected chi connectivity index (χ1v) is 8.71. The molecular weight excluding hydrogens is 329 g/mol. The highest BCUT2D eigenvalue weighted by Gasteiger charge is 2.12. The topological polar surface area (TPSA) is 56.3 Å². The summed E-state index contributed by atoms with van der Waals surface area (Å²) in [6.07, 6.45) is 1.14. The van der Waals surface area contributed by atoms with Gasteiger partial charge in [-0.15, -0.1) is 11.6 Å². The fraction of sp³-hybridized carbons (Fsp3) is 0.182. The average Bonchev–Trinajstić information content (AvgIpc) is 2.68. The number of hydrogen-bond donors (Lipinski definition) is 0. The summed E-state index contributed by atoms with van der Waals surface area (Å²) in [5.41, 5.74) is 0. The molecule has 8 heteroatoms. The van der Waals surface area contributed by atoms with Crippen molar-refractivity contribution in [3.63, 3.8) is 0 Å². The molecule has 0 bridgehead atoms. The smallest absolute Gasteiger partial charge is 0.280 e. The molecule has 0 saturated heterocycles. The van der Waals surface area contributed by atoms with Crippen LogP contribution in [0.1, 0.15) is 4.88 Å². The number of alkyl halides is 1. The minimum absolute atomic E-state index is 0.185. The number of thiazole rings is 1. The van der Waals surface area contributed by atoms with Gasteiger partial charge in [0, 0.05) is 6.26 Å². The van der Waals surface area contributed by atoms with E-state index >= 15 is 0 Å². The van der Waals surface area contributed by atoms with Crippen LogP contribution in [0.2, 0.25) is 5.15 Å². The van der Waals surface area contributed by atoms with E-state index in [1.165, 1.54) is 23.5 Å². The third-order valence-corrected chi connectivity index (χ3v) is 5.08. The van der Waals surface area contributed by atoms with Crippen molar-refractivity contribution >= 4 is 44.4 Å². The molecule has 1 aromatic heterocycles. The minimum atomic E-state index is -3.27. The van der Waals surface area contributed by atoms with Crippen molar-refractivity contribution in [2.75, 3.05) is 6.26 Å². The molecule has 0 aliphatic rings. The Morgan fingerprint density at radius 1 is 1.42 bits per heavy atom. The van der Waals surface area contributed by atoms with Crippen molar-refractivity contribution in [3.8, 4) is 10.9 Å². The summed E-state index contributed by atoms with van der Waals surface area (Å²) in [4.78, 5) is 4.89. The first kappa shape index (κ1) is 14.6. The number of nitrogens with zero attached hydrogens (tertiary/aromatic N) is 1. The maximum atomic E-state index is 11.4. The minimum Gasteiger partial charge on any atom is -0.431 e. The van der Waals surface area contributed by atoms with Gasteiger partial charge in [0.25, 0.3) is 5.19 Å². The highest BCUT2D eigenvalue weighted by molar-refractivity contribution is 7.90. The number of halogens is 2. The molecule has 1 heterocycles. The number of benzene rings is 1. The zero-order valence-electron chi connectivity index (χ0n) is 9.76. The number of aromatic nitrogens is 1. The summed E-state index contributed by atoms with van der Waals surface area (Å²) in [7, 11) is -3.27. The molecule has 0 amide bonds. The van der Waals surface area contributed by atoms with E-state index in [0.717, 1.165) is 6.26 Å². The standard InChI is InChI=1S/C11H9Cl2NO3S2/c1-19(15,16)8-4-2-3-7(5-8)17-11-14-10(13)9(6-12)18-11/h2-5H,6H2,1H3. The van der Waals surface area contributed by atoms with E-state index in [1.807, 2.05) is 0 Å². The second-order valence-corrected chi connectivity index (χ2v) is 7.36. The molecule has 0 aliphatic heterocycles. The van der Waals surface area contributed by atoms with Gasteiger partial charge in [-0.25, -0.2) is 8.42 Å². The summed E-state index contributed by atoms with van der Waals surface area (Å²) in [6.45, 7) is 0. The average molecular weight is 338 g/mol. The summed E-state index contributed by atoms with van der Waals surface area (Å²) in [6, 6.07) is 6.18. The Kier molecular flexibility index (Phi) is 4.35. The van der Waals surface area contributed by atoms with Gasteiger partial charge >= 0.3 is 0 Å². The van der Waals surface area contributed by atoms with Gasteiger partial charge in [0.05, 0.1) is 15.7 Å². The molecule has 0 N–H and O–H groups in total. The Balaban J connectivity index is 2.28. The largest absolute Gasteiger partial charge is 0.431 e. The third-order valence-electron chi connectivity index (χ3n) is 2.19. The molecule has 2 rings (SSSR count). The van der Waals surface area contributed by atoms with Crippen LogP contribution in [0.15, 0.2) is 29.2 Å². The van der Waals surface area contributed by atoms with Crippen molar-refractivity contribution in [3.05, 3.63) is 34.3 Å². The normalized spacial score (nSPS) is 11.5. The van der Waals surface area contributed by atoms with Crippen LogP contribution < -0.4 is 4.74 Å².